The second-order valence-electron chi connectivity index (χ2n) is 5.47. The highest BCUT2D eigenvalue weighted by Crippen LogP contribution is 2.27. The molecule has 2 N–H and O–H groups in total. The highest BCUT2D eigenvalue weighted by Gasteiger charge is 2.29. The number of aliphatic hydroxyl groups is 1. The lowest BCUT2D eigenvalue weighted by atomic mass is 9.92. The van der Waals surface area contributed by atoms with E-state index in [0.29, 0.717) is 5.69 Å². The SMILES string of the molecule is CC(O)CNS(=O)(=O)c1cn(C)nc1C(C)(C)C. The lowest BCUT2D eigenvalue weighted by Gasteiger charge is -2.17. The molecular weight excluding hydrogens is 254 g/mol. The molecule has 104 valence electrons. The van der Waals surface area contributed by atoms with E-state index in [1.165, 1.54) is 17.8 Å². The minimum Gasteiger partial charge on any atom is -0.392 e. The Morgan fingerprint density at radius 2 is 2.06 bits per heavy atom. The lowest BCUT2D eigenvalue weighted by molar-refractivity contribution is 0.198. The molecule has 18 heavy (non-hydrogen) atoms. The molecule has 0 aliphatic rings. The maximum absolute atomic E-state index is 12.1. The van der Waals surface area contributed by atoms with Crippen LogP contribution in [0.15, 0.2) is 11.1 Å². The molecule has 6 nitrogen and oxygen atoms in total. The van der Waals surface area contributed by atoms with Crippen LogP contribution < -0.4 is 4.72 Å². The summed E-state index contributed by atoms with van der Waals surface area (Å²) in [5.41, 5.74) is 0.152. The minimum atomic E-state index is -3.64. The van der Waals surface area contributed by atoms with Gasteiger partial charge in [-0.05, 0) is 6.92 Å². The molecule has 7 heteroatoms. The Labute approximate surface area is 108 Å². The van der Waals surface area contributed by atoms with E-state index in [4.69, 9.17) is 5.11 Å². The van der Waals surface area contributed by atoms with Gasteiger partial charge in [-0.25, -0.2) is 13.1 Å². The van der Waals surface area contributed by atoms with E-state index in [1.807, 2.05) is 20.8 Å². The van der Waals surface area contributed by atoms with Crippen LogP contribution >= 0.6 is 0 Å². The molecule has 1 heterocycles. The third-order valence-electron chi connectivity index (χ3n) is 2.36. The van der Waals surface area contributed by atoms with Gasteiger partial charge in [-0.2, -0.15) is 5.10 Å². The van der Waals surface area contributed by atoms with Crippen LogP contribution in [0.5, 0.6) is 0 Å². The first-order valence-electron chi connectivity index (χ1n) is 5.76. The molecule has 0 amide bonds. The fourth-order valence-electron chi connectivity index (χ4n) is 1.49. The molecule has 1 rings (SSSR count). The van der Waals surface area contributed by atoms with Crippen molar-refractivity contribution in [2.24, 2.45) is 7.05 Å². The number of nitrogens with one attached hydrogen (secondary N) is 1. The van der Waals surface area contributed by atoms with Gasteiger partial charge in [0.2, 0.25) is 10.0 Å². The zero-order valence-corrected chi connectivity index (χ0v) is 12.2. The number of nitrogens with zero attached hydrogens (tertiary/aromatic N) is 2. The maximum atomic E-state index is 12.1. The maximum Gasteiger partial charge on any atom is 0.244 e. The number of aryl methyl sites for hydroxylation is 1. The molecule has 1 aromatic rings. The first kappa shape index (κ1) is 15.1. The van der Waals surface area contributed by atoms with E-state index in [0.717, 1.165) is 0 Å². The molecule has 0 saturated carbocycles. The van der Waals surface area contributed by atoms with Crippen molar-refractivity contribution >= 4 is 10.0 Å². The smallest absolute Gasteiger partial charge is 0.244 e. The zero-order chi connectivity index (χ0) is 14.1. The largest absolute Gasteiger partial charge is 0.392 e. The van der Waals surface area contributed by atoms with E-state index in [9.17, 15) is 8.42 Å². The third-order valence-corrected chi connectivity index (χ3v) is 3.79. The van der Waals surface area contributed by atoms with Crippen LogP contribution in [-0.4, -0.2) is 36.0 Å². The predicted molar refractivity (Wildman–Crippen MR) is 68.8 cm³/mol. The Kier molecular flexibility index (Phi) is 4.19. The van der Waals surface area contributed by atoms with Gasteiger partial charge >= 0.3 is 0 Å². The zero-order valence-electron chi connectivity index (χ0n) is 11.4. The normalized spacial score (nSPS) is 14.8. The summed E-state index contributed by atoms with van der Waals surface area (Å²) in [6.07, 6.45) is 0.750. The van der Waals surface area contributed by atoms with Crippen LogP contribution in [0.2, 0.25) is 0 Å². The second kappa shape index (κ2) is 4.99. The minimum absolute atomic E-state index is 0.0131. The van der Waals surface area contributed by atoms with Crippen LogP contribution in [-0.2, 0) is 22.5 Å². The highest BCUT2D eigenvalue weighted by atomic mass is 32.2. The number of aliphatic hydroxyl groups excluding tert-OH is 1. The summed E-state index contributed by atoms with van der Waals surface area (Å²) in [6, 6.07) is 0. The van der Waals surface area contributed by atoms with Crippen LogP contribution in [0.3, 0.4) is 0 Å². The van der Waals surface area contributed by atoms with Gasteiger partial charge in [0.1, 0.15) is 4.90 Å². The average Bonchev–Trinajstić information content (AvgIpc) is 2.58. The molecular formula is C11H21N3O3S. The number of hydrogen-bond acceptors (Lipinski definition) is 4. The van der Waals surface area contributed by atoms with Crippen molar-refractivity contribution in [1.29, 1.82) is 0 Å². The van der Waals surface area contributed by atoms with Crippen molar-refractivity contribution in [2.45, 2.75) is 44.1 Å². The molecule has 0 aromatic carbocycles. The van der Waals surface area contributed by atoms with Crippen molar-refractivity contribution in [3.8, 4) is 0 Å². The Morgan fingerprint density at radius 1 is 1.50 bits per heavy atom. The fraction of sp³-hybridized carbons (Fsp3) is 0.727. The number of rotatable bonds is 4. The van der Waals surface area contributed by atoms with Gasteiger partial charge in [-0.3, -0.25) is 4.68 Å². The van der Waals surface area contributed by atoms with Gasteiger partial charge in [0, 0.05) is 25.2 Å². The van der Waals surface area contributed by atoms with Gasteiger partial charge in [-0.15, -0.1) is 0 Å². The Morgan fingerprint density at radius 3 is 2.50 bits per heavy atom. The van der Waals surface area contributed by atoms with Crippen molar-refractivity contribution in [3.63, 3.8) is 0 Å². The molecule has 0 bridgehead atoms. The summed E-state index contributed by atoms with van der Waals surface area (Å²) in [5.74, 6) is 0. The first-order valence-corrected chi connectivity index (χ1v) is 7.24. The third kappa shape index (κ3) is 3.54. The number of sulfonamides is 1. The monoisotopic (exact) mass is 275 g/mol. The molecule has 0 aliphatic carbocycles. The quantitative estimate of drug-likeness (QED) is 0.832. The molecule has 1 atom stereocenters. The predicted octanol–water partition coefficient (Wildman–Crippen LogP) is 0.377. The summed E-state index contributed by atoms with van der Waals surface area (Å²) < 4.78 is 28.1. The Balaban J connectivity index is 3.17. The van der Waals surface area contributed by atoms with Crippen LogP contribution in [0.1, 0.15) is 33.4 Å². The van der Waals surface area contributed by atoms with Crippen molar-refractivity contribution < 1.29 is 13.5 Å². The summed E-state index contributed by atoms with van der Waals surface area (Å²) in [4.78, 5) is 0.165. The van der Waals surface area contributed by atoms with Gasteiger partial charge < -0.3 is 5.11 Å². The number of aromatic nitrogens is 2. The molecule has 0 radical (unpaired) electrons. The van der Waals surface area contributed by atoms with E-state index < -0.39 is 16.1 Å². The van der Waals surface area contributed by atoms with E-state index in [-0.39, 0.29) is 16.9 Å². The highest BCUT2D eigenvalue weighted by molar-refractivity contribution is 7.89. The summed E-state index contributed by atoms with van der Waals surface area (Å²) in [5, 5.41) is 13.4. The summed E-state index contributed by atoms with van der Waals surface area (Å²) in [7, 11) is -1.96. The number of hydrogen-bond donors (Lipinski definition) is 2. The Hall–Kier alpha value is -0.920. The van der Waals surface area contributed by atoms with Gasteiger partial charge in [0.15, 0.2) is 0 Å². The van der Waals surface area contributed by atoms with Gasteiger partial charge in [0.25, 0.3) is 0 Å². The summed E-state index contributed by atoms with van der Waals surface area (Å²) in [6.45, 7) is 7.23. The first-order chi connectivity index (χ1) is 8.04. The lowest BCUT2D eigenvalue weighted by Crippen LogP contribution is -2.32. The van der Waals surface area contributed by atoms with Crippen molar-refractivity contribution in [3.05, 3.63) is 11.9 Å². The van der Waals surface area contributed by atoms with Crippen LogP contribution in [0, 0.1) is 0 Å². The molecule has 0 aliphatic heterocycles. The van der Waals surface area contributed by atoms with Crippen molar-refractivity contribution in [1.82, 2.24) is 14.5 Å². The molecule has 1 aromatic heterocycles. The van der Waals surface area contributed by atoms with Gasteiger partial charge in [-0.1, -0.05) is 20.8 Å². The molecule has 0 saturated heterocycles. The van der Waals surface area contributed by atoms with Crippen molar-refractivity contribution in [2.75, 3.05) is 6.54 Å². The summed E-state index contributed by atoms with van der Waals surface area (Å²) >= 11 is 0. The second-order valence-corrected chi connectivity index (χ2v) is 7.20. The molecule has 0 fully saturated rings. The van der Waals surface area contributed by atoms with E-state index >= 15 is 0 Å². The average molecular weight is 275 g/mol. The van der Waals surface area contributed by atoms with Crippen LogP contribution in [0.25, 0.3) is 0 Å². The fourth-order valence-corrected chi connectivity index (χ4v) is 3.00. The Bertz CT molecular complexity index is 512. The molecule has 1 unspecified atom stereocenters. The topological polar surface area (TPSA) is 84.2 Å². The van der Waals surface area contributed by atoms with Gasteiger partial charge in [0.05, 0.1) is 11.8 Å². The molecule has 0 spiro atoms. The standard InChI is InChI=1S/C11H21N3O3S/c1-8(15)6-12-18(16,17)9-7-14(5)13-10(9)11(2,3)4/h7-8,12,15H,6H2,1-5H3. The van der Waals surface area contributed by atoms with Crippen LogP contribution in [0.4, 0.5) is 0 Å². The van der Waals surface area contributed by atoms with E-state index in [1.54, 1.807) is 7.05 Å². The van der Waals surface area contributed by atoms with E-state index in [2.05, 4.69) is 9.82 Å².